The predicted octanol–water partition coefficient (Wildman–Crippen LogP) is 5.41. The molecule has 0 unspecified atom stereocenters. The maximum atomic E-state index is 12.3. The van der Waals surface area contributed by atoms with Crippen LogP contribution in [0.3, 0.4) is 0 Å². The van der Waals surface area contributed by atoms with Gasteiger partial charge >= 0.3 is 0 Å². The van der Waals surface area contributed by atoms with Gasteiger partial charge in [0.2, 0.25) is 0 Å². The van der Waals surface area contributed by atoms with Gasteiger partial charge in [-0.2, -0.15) is 0 Å². The molecule has 0 heterocycles. The highest BCUT2D eigenvalue weighted by atomic mass is 35.5. The minimum absolute atomic E-state index is 0.0258. The maximum absolute atomic E-state index is 12.3. The molecule has 9 heteroatoms. The Kier molecular flexibility index (Phi) is 6.11. The maximum Gasteiger partial charge on any atom is 0.270 e. The molecule has 3 rings (SSSR count). The Balaban J connectivity index is 1.67. The first kappa shape index (κ1) is 20.3. The lowest BCUT2D eigenvalue weighted by Gasteiger charge is -2.09. The van der Waals surface area contributed by atoms with Crippen LogP contribution in [0.2, 0.25) is 10.0 Å². The summed E-state index contributed by atoms with van der Waals surface area (Å²) in [6, 6.07) is 16.6. The van der Waals surface area contributed by atoms with Crippen molar-refractivity contribution < 1.29 is 14.5 Å². The number of hydrogen-bond acceptors (Lipinski definition) is 4. The number of nitro groups is 1. The number of nitro benzene ring substituents is 1. The molecule has 2 N–H and O–H groups in total. The second-order valence-electron chi connectivity index (χ2n) is 5.92. The van der Waals surface area contributed by atoms with Gasteiger partial charge in [-0.15, -0.1) is 0 Å². The van der Waals surface area contributed by atoms with Gasteiger partial charge in [-0.3, -0.25) is 19.7 Å². The molecule has 7 nitrogen and oxygen atoms in total. The SMILES string of the molecule is O=C(Nc1ccc(NC(=O)c2ccc([N+](=O)[O-])cc2Cl)cc1)c1cccc(Cl)c1. The Morgan fingerprint density at radius 1 is 0.828 bits per heavy atom. The fourth-order valence-corrected chi connectivity index (χ4v) is 2.92. The second-order valence-corrected chi connectivity index (χ2v) is 6.76. The van der Waals surface area contributed by atoms with Crippen LogP contribution in [0.4, 0.5) is 17.1 Å². The van der Waals surface area contributed by atoms with E-state index in [1.54, 1.807) is 48.5 Å². The van der Waals surface area contributed by atoms with Gasteiger partial charge in [-0.1, -0.05) is 29.3 Å². The molecule has 3 aromatic rings. The summed E-state index contributed by atoms with van der Waals surface area (Å²) in [5.41, 5.74) is 1.32. The molecule has 0 aromatic heterocycles. The van der Waals surface area contributed by atoms with Gasteiger partial charge in [0.1, 0.15) is 0 Å². The number of hydrogen-bond donors (Lipinski definition) is 2. The van der Waals surface area contributed by atoms with Crippen LogP contribution in [0.15, 0.2) is 66.7 Å². The van der Waals surface area contributed by atoms with Gasteiger partial charge in [0.25, 0.3) is 17.5 Å². The molecular weight excluding hydrogens is 417 g/mol. The standard InChI is InChI=1S/C20H13Cl2N3O4/c21-13-3-1-2-12(10-13)19(26)23-14-4-6-15(7-5-14)24-20(27)17-9-8-16(25(28)29)11-18(17)22/h1-11H,(H,23,26)(H,24,27). The van der Waals surface area contributed by atoms with Crippen molar-refractivity contribution in [3.05, 3.63) is 98.0 Å². The summed E-state index contributed by atoms with van der Waals surface area (Å²) in [6.45, 7) is 0. The number of nitrogens with zero attached hydrogens (tertiary/aromatic N) is 1. The topological polar surface area (TPSA) is 101 Å². The number of halogens is 2. The summed E-state index contributed by atoms with van der Waals surface area (Å²) < 4.78 is 0. The zero-order valence-electron chi connectivity index (χ0n) is 14.7. The summed E-state index contributed by atoms with van der Waals surface area (Å²) in [7, 11) is 0. The first-order valence-electron chi connectivity index (χ1n) is 8.26. The van der Waals surface area contributed by atoms with Crippen molar-refractivity contribution in [1.29, 1.82) is 0 Å². The van der Waals surface area contributed by atoms with Crippen molar-refractivity contribution in [1.82, 2.24) is 0 Å². The molecule has 146 valence electrons. The van der Waals surface area contributed by atoms with Crippen LogP contribution in [0.25, 0.3) is 0 Å². The lowest BCUT2D eigenvalue weighted by Crippen LogP contribution is -2.13. The number of non-ortho nitro benzene ring substituents is 1. The highest BCUT2D eigenvalue weighted by molar-refractivity contribution is 6.34. The van der Waals surface area contributed by atoms with E-state index in [4.69, 9.17) is 23.2 Å². The zero-order valence-corrected chi connectivity index (χ0v) is 16.2. The van der Waals surface area contributed by atoms with E-state index in [9.17, 15) is 19.7 Å². The second kappa shape index (κ2) is 8.72. The first-order chi connectivity index (χ1) is 13.8. The van der Waals surface area contributed by atoms with Crippen molar-refractivity contribution in [3.8, 4) is 0 Å². The average Bonchev–Trinajstić information content (AvgIpc) is 2.69. The van der Waals surface area contributed by atoms with Crippen LogP contribution in [-0.2, 0) is 0 Å². The van der Waals surface area contributed by atoms with Gasteiger partial charge in [0, 0.05) is 34.1 Å². The van der Waals surface area contributed by atoms with Gasteiger partial charge in [0.05, 0.1) is 15.5 Å². The van der Waals surface area contributed by atoms with E-state index in [-0.39, 0.29) is 22.2 Å². The van der Waals surface area contributed by atoms with Crippen LogP contribution >= 0.6 is 23.2 Å². The van der Waals surface area contributed by atoms with Crippen molar-refractivity contribution >= 4 is 52.1 Å². The molecule has 0 radical (unpaired) electrons. The summed E-state index contributed by atoms with van der Waals surface area (Å²) in [5, 5.41) is 16.6. The van der Waals surface area contributed by atoms with Crippen molar-refractivity contribution in [2.75, 3.05) is 10.6 Å². The molecule has 0 saturated heterocycles. The fraction of sp³-hybridized carbons (Fsp3) is 0. The van der Waals surface area contributed by atoms with E-state index in [0.29, 0.717) is 22.0 Å². The van der Waals surface area contributed by atoms with Gasteiger partial charge in [-0.25, -0.2) is 0 Å². The van der Waals surface area contributed by atoms with E-state index in [2.05, 4.69) is 10.6 Å². The molecule has 0 spiro atoms. The Bertz CT molecular complexity index is 1100. The number of anilines is 2. The minimum Gasteiger partial charge on any atom is -0.322 e. The fourth-order valence-electron chi connectivity index (χ4n) is 2.47. The lowest BCUT2D eigenvalue weighted by molar-refractivity contribution is -0.384. The molecular formula is C20H13Cl2N3O4. The van der Waals surface area contributed by atoms with Gasteiger partial charge < -0.3 is 10.6 Å². The zero-order chi connectivity index (χ0) is 21.0. The van der Waals surface area contributed by atoms with Crippen LogP contribution in [0, 0.1) is 10.1 Å². The van der Waals surface area contributed by atoms with Crippen LogP contribution in [-0.4, -0.2) is 16.7 Å². The van der Waals surface area contributed by atoms with E-state index in [1.165, 1.54) is 12.1 Å². The molecule has 0 aliphatic rings. The molecule has 2 amide bonds. The predicted molar refractivity (Wildman–Crippen MR) is 112 cm³/mol. The number of nitrogens with one attached hydrogen (secondary N) is 2. The van der Waals surface area contributed by atoms with Gasteiger partial charge in [-0.05, 0) is 48.5 Å². The number of rotatable bonds is 5. The Morgan fingerprint density at radius 2 is 1.45 bits per heavy atom. The smallest absolute Gasteiger partial charge is 0.270 e. The third-order valence-electron chi connectivity index (χ3n) is 3.90. The number of carbonyl (C=O) groups excluding carboxylic acids is 2. The van der Waals surface area contributed by atoms with Crippen LogP contribution in [0.1, 0.15) is 20.7 Å². The van der Waals surface area contributed by atoms with Crippen molar-refractivity contribution in [2.45, 2.75) is 0 Å². The summed E-state index contributed by atoms with van der Waals surface area (Å²) in [5.74, 6) is -0.831. The Labute approximate surface area is 175 Å². The van der Waals surface area contributed by atoms with Crippen molar-refractivity contribution in [2.24, 2.45) is 0 Å². The third-order valence-corrected chi connectivity index (χ3v) is 4.44. The third kappa shape index (κ3) is 5.10. The summed E-state index contributed by atoms with van der Waals surface area (Å²) in [6.07, 6.45) is 0. The van der Waals surface area contributed by atoms with E-state index in [0.717, 1.165) is 6.07 Å². The van der Waals surface area contributed by atoms with Gasteiger partial charge in [0.15, 0.2) is 0 Å². The Hall–Kier alpha value is -3.42. The van der Waals surface area contributed by atoms with Crippen LogP contribution in [0.5, 0.6) is 0 Å². The molecule has 0 atom stereocenters. The lowest BCUT2D eigenvalue weighted by atomic mass is 10.2. The molecule has 0 fully saturated rings. The Morgan fingerprint density at radius 3 is 2.00 bits per heavy atom. The number of benzene rings is 3. The molecule has 0 saturated carbocycles. The summed E-state index contributed by atoms with van der Waals surface area (Å²) in [4.78, 5) is 34.7. The normalized spacial score (nSPS) is 10.3. The molecule has 0 aliphatic carbocycles. The average molecular weight is 430 g/mol. The molecule has 0 bridgehead atoms. The van der Waals surface area contributed by atoms with Crippen LogP contribution < -0.4 is 10.6 Å². The largest absolute Gasteiger partial charge is 0.322 e. The molecule has 3 aromatic carbocycles. The molecule has 0 aliphatic heterocycles. The molecule has 29 heavy (non-hydrogen) atoms. The number of amides is 2. The van der Waals surface area contributed by atoms with E-state index < -0.39 is 10.8 Å². The monoisotopic (exact) mass is 429 g/mol. The first-order valence-corrected chi connectivity index (χ1v) is 9.01. The number of carbonyl (C=O) groups is 2. The highest BCUT2D eigenvalue weighted by Crippen LogP contribution is 2.24. The van der Waals surface area contributed by atoms with E-state index >= 15 is 0 Å². The quantitative estimate of drug-likeness (QED) is 0.418. The van der Waals surface area contributed by atoms with Crippen molar-refractivity contribution in [3.63, 3.8) is 0 Å². The van der Waals surface area contributed by atoms with E-state index in [1.807, 2.05) is 0 Å². The minimum atomic E-state index is -0.593. The highest BCUT2D eigenvalue weighted by Gasteiger charge is 2.15. The summed E-state index contributed by atoms with van der Waals surface area (Å²) >= 11 is 11.8.